The first kappa shape index (κ1) is 11.7. The van der Waals surface area contributed by atoms with Gasteiger partial charge >= 0.3 is 0 Å². The molecule has 1 aromatic heterocycles. The summed E-state index contributed by atoms with van der Waals surface area (Å²) in [5.41, 5.74) is 7.05. The van der Waals surface area contributed by atoms with Crippen molar-refractivity contribution in [2.45, 2.75) is 25.3 Å². The minimum Gasteiger partial charge on any atom is -0.398 e. The monoisotopic (exact) mass is 285 g/mol. The van der Waals surface area contributed by atoms with Crippen LogP contribution in [0.25, 0.3) is 11.4 Å². The highest BCUT2D eigenvalue weighted by Crippen LogP contribution is 2.71. The fraction of sp³-hybridized carbons (Fsp3) is 0.533. The fourth-order valence-corrected chi connectivity index (χ4v) is 4.91. The molecule has 1 aromatic carbocycles. The second-order valence-electron chi connectivity index (χ2n) is 6.66. The van der Waals surface area contributed by atoms with E-state index < -0.39 is 0 Å². The second kappa shape index (κ2) is 3.81. The summed E-state index contributed by atoms with van der Waals surface area (Å²) >= 11 is 0. The maximum atomic E-state index is 13.2. The number of anilines is 1. The van der Waals surface area contributed by atoms with Crippen LogP contribution >= 0.6 is 0 Å². The smallest absolute Gasteiger partial charge is 0.184 e. The number of tetrazole rings is 1. The van der Waals surface area contributed by atoms with Crippen molar-refractivity contribution in [3.63, 3.8) is 0 Å². The summed E-state index contributed by atoms with van der Waals surface area (Å²) in [6.45, 7) is 0. The van der Waals surface area contributed by atoms with Crippen LogP contribution in [0.15, 0.2) is 18.2 Å². The minimum atomic E-state index is -0.336. The summed E-state index contributed by atoms with van der Waals surface area (Å²) in [6, 6.07) is 4.82. The van der Waals surface area contributed by atoms with Gasteiger partial charge < -0.3 is 5.73 Å². The van der Waals surface area contributed by atoms with Crippen molar-refractivity contribution in [3.8, 4) is 11.4 Å². The molecule has 4 atom stereocenters. The molecule has 0 aliphatic heterocycles. The Morgan fingerprint density at radius 3 is 2.67 bits per heavy atom. The lowest BCUT2D eigenvalue weighted by molar-refractivity contribution is 0.427. The summed E-state index contributed by atoms with van der Waals surface area (Å²) in [5, 5.41) is 12.2. The van der Waals surface area contributed by atoms with Gasteiger partial charge in [0.05, 0.1) is 6.04 Å². The summed E-state index contributed by atoms with van der Waals surface area (Å²) in [7, 11) is 0. The van der Waals surface area contributed by atoms with Gasteiger partial charge in [0, 0.05) is 11.3 Å². The lowest BCUT2D eigenvalue weighted by Gasteiger charge is -2.11. The number of rotatable bonds is 2. The molecule has 1 heterocycles. The molecular weight excluding hydrogens is 269 g/mol. The Kier molecular flexibility index (Phi) is 2.11. The van der Waals surface area contributed by atoms with E-state index in [1.807, 2.05) is 4.68 Å². The van der Waals surface area contributed by atoms with Gasteiger partial charge in [0.2, 0.25) is 0 Å². The van der Waals surface area contributed by atoms with Crippen LogP contribution in [0.5, 0.6) is 0 Å². The zero-order valence-corrected chi connectivity index (χ0v) is 11.5. The highest BCUT2D eigenvalue weighted by molar-refractivity contribution is 5.71. The Labute approximate surface area is 121 Å². The predicted octanol–water partition coefficient (Wildman–Crippen LogP) is 2.28. The van der Waals surface area contributed by atoms with Crippen LogP contribution in [0, 0.1) is 29.5 Å². The Bertz CT molecular complexity index is 711. The first-order chi connectivity index (χ1) is 10.2. The molecule has 21 heavy (non-hydrogen) atoms. The van der Waals surface area contributed by atoms with Gasteiger partial charge in [-0.1, -0.05) is 0 Å². The van der Waals surface area contributed by atoms with Gasteiger partial charge in [-0.05, 0) is 71.6 Å². The average Bonchev–Trinajstić information content (AvgIpc) is 2.88. The molecule has 0 radical (unpaired) electrons. The molecule has 0 saturated heterocycles. The topological polar surface area (TPSA) is 69.6 Å². The third kappa shape index (κ3) is 1.47. The minimum absolute atomic E-state index is 0.336. The lowest BCUT2D eigenvalue weighted by atomic mass is 10.0. The molecular formula is C15H16FN5. The maximum Gasteiger partial charge on any atom is 0.184 e. The van der Waals surface area contributed by atoms with Crippen LogP contribution in [0.4, 0.5) is 10.1 Å². The second-order valence-corrected chi connectivity index (χ2v) is 6.66. The number of aromatic nitrogens is 4. The molecule has 2 N–H and O–H groups in total. The molecule has 4 unspecified atom stereocenters. The highest BCUT2D eigenvalue weighted by atomic mass is 19.1. The molecule has 3 fully saturated rings. The van der Waals surface area contributed by atoms with E-state index in [2.05, 4.69) is 15.5 Å². The van der Waals surface area contributed by atoms with Crippen molar-refractivity contribution in [2.75, 3.05) is 5.73 Å². The summed E-state index contributed by atoms with van der Waals surface area (Å²) in [4.78, 5) is 0. The zero-order chi connectivity index (χ0) is 14.1. The molecule has 5 nitrogen and oxygen atoms in total. The van der Waals surface area contributed by atoms with Crippen LogP contribution in [0.2, 0.25) is 0 Å². The van der Waals surface area contributed by atoms with E-state index in [0.717, 1.165) is 29.2 Å². The van der Waals surface area contributed by atoms with E-state index >= 15 is 0 Å². The van der Waals surface area contributed by atoms with E-state index in [-0.39, 0.29) is 5.82 Å². The number of nitrogens with zero attached hydrogens (tertiary/aromatic N) is 4. The van der Waals surface area contributed by atoms with Crippen LogP contribution in [-0.2, 0) is 0 Å². The molecule has 0 amide bonds. The van der Waals surface area contributed by atoms with Crippen molar-refractivity contribution in [2.24, 2.45) is 23.7 Å². The van der Waals surface area contributed by atoms with Crippen molar-refractivity contribution in [1.82, 2.24) is 20.2 Å². The van der Waals surface area contributed by atoms with Gasteiger partial charge in [-0.3, -0.25) is 0 Å². The van der Waals surface area contributed by atoms with Crippen molar-refractivity contribution in [1.29, 1.82) is 0 Å². The first-order valence-corrected chi connectivity index (χ1v) is 7.57. The van der Waals surface area contributed by atoms with Crippen LogP contribution in [0.3, 0.4) is 0 Å². The Morgan fingerprint density at radius 2 is 1.95 bits per heavy atom. The molecule has 5 rings (SSSR count). The highest BCUT2D eigenvalue weighted by Gasteiger charge is 2.66. The molecule has 3 saturated carbocycles. The van der Waals surface area contributed by atoms with Crippen LogP contribution in [-0.4, -0.2) is 20.2 Å². The SMILES string of the molecule is Nc1cc(F)ccc1-c1nnnn1C1C2C3CCC(C3)C21. The number of halogens is 1. The first-order valence-electron chi connectivity index (χ1n) is 7.57. The summed E-state index contributed by atoms with van der Waals surface area (Å²) in [6.07, 6.45) is 4.11. The number of fused-ring (bicyclic) bond motifs is 5. The molecule has 3 aliphatic rings. The Morgan fingerprint density at radius 1 is 1.19 bits per heavy atom. The van der Waals surface area contributed by atoms with Gasteiger partial charge in [-0.2, -0.15) is 0 Å². The number of hydrogen-bond donors (Lipinski definition) is 1. The summed E-state index contributed by atoms with van der Waals surface area (Å²) in [5.74, 6) is 3.53. The van der Waals surface area contributed by atoms with E-state index in [1.54, 1.807) is 6.07 Å². The van der Waals surface area contributed by atoms with Gasteiger partial charge in [0.1, 0.15) is 5.82 Å². The van der Waals surface area contributed by atoms with Crippen molar-refractivity contribution < 1.29 is 4.39 Å². The van der Waals surface area contributed by atoms with E-state index in [9.17, 15) is 4.39 Å². The molecule has 0 spiro atoms. The fourth-order valence-electron chi connectivity index (χ4n) is 4.91. The van der Waals surface area contributed by atoms with Gasteiger partial charge in [0.15, 0.2) is 5.82 Å². The predicted molar refractivity (Wildman–Crippen MR) is 74.5 cm³/mol. The molecule has 6 heteroatoms. The largest absolute Gasteiger partial charge is 0.398 e. The number of hydrogen-bond acceptors (Lipinski definition) is 4. The number of nitrogens with two attached hydrogens (primary N) is 1. The van der Waals surface area contributed by atoms with Gasteiger partial charge in [-0.15, -0.1) is 5.10 Å². The standard InChI is InChI=1S/C15H16FN5/c16-9-3-4-10(11(17)6-9)15-18-19-20-21(15)14-12-7-1-2-8(5-7)13(12)14/h3-4,6-8,12-14H,1-2,5,17H2. The quantitative estimate of drug-likeness (QED) is 0.859. The maximum absolute atomic E-state index is 13.2. The normalized spacial score (nSPS) is 36.0. The Balaban J connectivity index is 1.55. The van der Waals surface area contributed by atoms with Crippen LogP contribution < -0.4 is 5.73 Å². The molecule has 108 valence electrons. The number of nitrogen functional groups attached to an aromatic ring is 1. The summed E-state index contributed by atoms with van der Waals surface area (Å²) < 4.78 is 15.2. The van der Waals surface area contributed by atoms with E-state index in [4.69, 9.17) is 5.73 Å². The Hall–Kier alpha value is -1.98. The molecule has 2 bridgehead atoms. The van der Waals surface area contributed by atoms with Gasteiger partial charge in [-0.25, -0.2) is 9.07 Å². The van der Waals surface area contributed by atoms with Gasteiger partial charge in [0.25, 0.3) is 0 Å². The lowest BCUT2D eigenvalue weighted by Crippen LogP contribution is -2.09. The van der Waals surface area contributed by atoms with E-state index in [1.165, 1.54) is 31.4 Å². The van der Waals surface area contributed by atoms with Crippen LogP contribution in [0.1, 0.15) is 25.3 Å². The van der Waals surface area contributed by atoms with Crippen molar-refractivity contribution in [3.05, 3.63) is 24.0 Å². The average molecular weight is 285 g/mol. The van der Waals surface area contributed by atoms with Crippen molar-refractivity contribution >= 4 is 5.69 Å². The molecule has 3 aliphatic carbocycles. The number of benzene rings is 1. The zero-order valence-electron chi connectivity index (χ0n) is 11.5. The molecule has 2 aromatic rings. The third-order valence-electron chi connectivity index (χ3n) is 5.72. The van der Waals surface area contributed by atoms with E-state index in [0.29, 0.717) is 17.6 Å². The third-order valence-corrected chi connectivity index (χ3v) is 5.72.